The predicted molar refractivity (Wildman–Crippen MR) is 220 cm³/mol. The zero-order valence-electron chi connectivity index (χ0n) is 33.8. The number of ether oxygens (including phenoxy) is 2. The van der Waals surface area contributed by atoms with E-state index in [1.807, 2.05) is 24.3 Å². The highest BCUT2D eigenvalue weighted by atomic mass is 35.5. The van der Waals surface area contributed by atoms with Gasteiger partial charge in [-0.25, -0.2) is 0 Å². The zero-order chi connectivity index (χ0) is 41.2. The third-order valence-corrected chi connectivity index (χ3v) is 12.8. The molecule has 0 spiro atoms. The van der Waals surface area contributed by atoms with Gasteiger partial charge in [-0.15, -0.1) is 0 Å². The average Bonchev–Trinajstić information content (AvgIpc) is 3.54. The number of benzene rings is 3. The van der Waals surface area contributed by atoms with Crippen LogP contribution in [0.25, 0.3) is 0 Å². The van der Waals surface area contributed by atoms with Crippen LogP contribution in [-0.4, -0.2) is 102 Å². The SMILES string of the molecule is CC1(C)[C@H](NC(=O)c2ccc(CCCCN3CCN(CCOc4cccc5c4CN([C@H]4CCC(=O)NC4=O)C5=O)CC3)cc2)C(C)(C)[C@H]1Oc1ccc(C#N)c(Cl)c1. The number of imide groups is 1. The van der Waals surface area contributed by atoms with Crippen LogP contribution in [-0.2, 0) is 22.6 Å². The number of carbonyl (C=O) groups is 4. The Labute approximate surface area is 345 Å². The van der Waals surface area contributed by atoms with Gasteiger partial charge in [-0.1, -0.05) is 57.5 Å². The zero-order valence-corrected chi connectivity index (χ0v) is 34.6. The van der Waals surface area contributed by atoms with E-state index < -0.39 is 11.9 Å². The van der Waals surface area contributed by atoms with Gasteiger partial charge in [-0.05, 0) is 74.2 Å². The lowest BCUT2D eigenvalue weighted by atomic mass is 9.49. The Kier molecular flexibility index (Phi) is 12.1. The summed E-state index contributed by atoms with van der Waals surface area (Å²) in [4.78, 5) is 57.0. The molecule has 0 aromatic heterocycles. The number of nitrogens with zero attached hydrogens (tertiary/aromatic N) is 4. The average molecular weight is 809 g/mol. The molecule has 58 heavy (non-hydrogen) atoms. The number of hydrogen-bond donors (Lipinski definition) is 2. The highest BCUT2D eigenvalue weighted by Gasteiger charge is 2.64. The second-order valence-electron chi connectivity index (χ2n) is 17.2. The van der Waals surface area contributed by atoms with Gasteiger partial charge < -0.3 is 24.6 Å². The molecule has 0 bridgehead atoms. The Morgan fingerprint density at radius 3 is 2.33 bits per heavy atom. The van der Waals surface area contributed by atoms with E-state index in [1.54, 1.807) is 29.2 Å². The lowest BCUT2D eigenvalue weighted by molar-refractivity contribution is -0.164. The summed E-state index contributed by atoms with van der Waals surface area (Å²) in [6.07, 6.45) is 3.52. The van der Waals surface area contributed by atoms with Gasteiger partial charge >= 0.3 is 0 Å². The molecule has 3 aromatic carbocycles. The maximum Gasteiger partial charge on any atom is 0.255 e. The smallest absolute Gasteiger partial charge is 0.255 e. The topological polar surface area (TPSA) is 144 Å². The summed E-state index contributed by atoms with van der Waals surface area (Å²) in [5.74, 6) is 0.274. The second kappa shape index (κ2) is 17.1. The van der Waals surface area contributed by atoms with E-state index in [-0.39, 0.29) is 47.1 Å². The first-order valence-corrected chi connectivity index (χ1v) is 20.7. The van der Waals surface area contributed by atoms with Crippen LogP contribution in [0.1, 0.15) is 90.8 Å². The molecule has 0 radical (unpaired) electrons. The molecule has 4 amide bonds. The van der Waals surface area contributed by atoms with Crippen LogP contribution in [0.5, 0.6) is 11.5 Å². The Bertz CT molecular complexity index is 2070. The molecule has 7 rings (SSSR count). The van der Waals surface area contributed by atoms with Crippen molar-refractivity contribution < 1.29 is 28.7 Å². The minimum atomic E-state index is -0.645. The summed E-state index contributed by atoms with van der Waals surface area (Å²) in [6.45, 7) is 15.0. The van der Waals surface area contributed by atoms with Crippen molar-refractivity contribution in [1.82, 2.24) is 25.3 Å². The molecule has 13 heteroatoms. The molecule has 1 saturated carbocycles. The van der Waals surface area contributed by atoms with E-state index in [9.17, 15) is 24.4 Å². The minimum absolute atomic E-state index is 0.0956. The Morgan fingerprint density at radius 2 is 1.66 bits per heavy atom. The molecule has 3 aliphatic heterocycles. The number of piperazine rings is 1. The minimum Gasteiger partial charge on any atom is -0.492 e. The lowest BCUT2D eigenvalue weighted by Gasteiger charge is -2.63. The van der Waals surface area contributed by atoms with E-state index in [1.165, 1.54) is 5.56 Å². The van der Waals surface area contributed by atoms with Crippen molar-refractivity contribution in [3.63, 3.8) is 0 Å². The van der Waals surface area contributed by atoms with Gasteiger partial charge in [0.1, 0.15) is 36.3 Å². The van der Waals surface area contributed by atoms with Gasteiger partial charge in [-0.2, -0.15) is 5.26 Å². The van der Waals surface area contributed by atoms with Crippen LogP contribution in [0.15, 0.2) is 60.7 Å². The molecule has 4 aliphatic rings. The molecule has 2 saturated heterocycles. The molecule has 1 aliphatic carbocycles. The highest BCUT2D eigenvalue weighted by molar-refractivity contribution is 6.31. The monoisotopic (exact) mass is 808 g/mol. The fourth-order valence-corrected chi connectivity index (χ4v) is 9.72. The Balaban J connectivity index is 0.791. The van der Waals surface area contributed by atoms with E-state index in [2.05, 4.69) is 66.3 Å². The predicted octanol–water partition coefficient (Wildman–Crippen LogP) is 5.60. The summed E-state index contributed by atoms with van der Waals surface area (Å²) in [5.41, 5.74) is 2.96. The first-order valence-electron chi connectivity index (χ1n) is 20.4. The van der Waals surface area contributed by atoms with Crippen LogP contribution in [0, 0.1) is 22.2 Å². The van der Waals surface area contributed by atoms with E-state index >= 15 is 0 Å². The maximum absolute atomic E-state index is 13.4. The van der Waals surface area contributed by atoms with Gasteiger partial charge in [0, 0.05) is 78.8 Å². The summed E-state index contributed by atoms with van der Waals surface area (Å²) in [7, 11) is 0. The summed E-state index contributed by atoms with van der Waals surface area (Å²) in [5, 5.41) is 15.2. The number of nitrogens with one attached hydrogen (secondary N) is 2. The molecular formula is C45H53ClN6O6. The van der Waals surface area contributed by atoms with Crippen molar-refractivity contribution in [3.8, 4) is 17.6 Å². The molecule has 306 valence electrons. The van der Waals surface area contributed by atoms with E-state index in [0.29, 0.717) is 52.8 Å². The quantitative estimate of drug-likeness (QED) is 0.157. The number of rotatable bonds is 14. The number of unbranched alkanes of at least 4 members (excludes halogenated alkanes) is 1. The van der Waals surface area contributed by atoms with Gasteiger partial charge in [0.05, 0.1) is 17.1 Å². The molecule has 1 atom stereocenters. The van der Waals surface area contributed by atoms with Gasteiger partial charge in [-0.3, -0.25) is 29.4 Å². The van der Waals surface area contributed by atoms with Crippen molar-refractivity contribution in [1.29, 1.82) is 5.26 Å². The van der Waals surface area contributed by atoms with Gasteiger partial charge in [0.25, 0.3) is 11.8 Å². The molecule has 2 N–H and O–H groups in total. The van der Waals surface area contributed by atoms with E-state index in [0.717, 1.165) is 64.1 Å². The van der Waals surface area contributed by atoms with Crippen LogP contribution < -0.4 is 20.1 Å². The van der Waals surface area contributed by atoms with Crippen LogP contribution >= 0.6 is 11.6 Å². The van der Waals surface area contributed by atoms with Crippen LogP contribution in [0.3, 0.4) is 0 Å². The van der Waals surface area contributed by atoms with Crippen molar-refractivity contribution in [2.24, 2.45) is 10.8 Å². The van der Waals surface area contributed by atoms with Crippen molar-refractivity contribution >= 4 is 35.2 Å². The van der Waals surface area contributed by atoms with E-state index in [4.69, 9.17) is 21.1 Å². The Morgan fingerprint density at radius 1 is 0.948 bits per heavy atom. The number of piperidine rings is 1. The summed E-state index contributed by atoms with van der Waals surface area (Å²) in [6, 6.07) is 19.8. The van der Waals surface area contributed by atoms with Crippen LogP contribution in [0.4, 0.5) is 0 Å². The molecule has 12 nitrogen and oxygen atoms in total. The molecule has 0 unspecified atom stereocenters. The fourth-order valence-electron chi connectivity index (χ4n) is 9.51. The number of halogens is 1. The number of fused-ring (bicyclic) bond motifs is 1. The molecule has 3 fully saturated rings. The number of aryl methyl sites for hydroxylation is 1. The number of amides is 4. The normalized spacial score (nSPS) is 22.7. The third kappa shape index (κ3) is 8.58. The standard InChI is InChI=1S/C45H53ClN6O6/c1-44(2)42(45(3,4)43(44)58-32-16-15-31(27-47)35(46)26-32)49-39(54)30-13-11-29(12-14-30)8-5-6-19-50-20-22-51(23-21-50)24-25-57-37-10-7-9-33-34(37)28-52(41(33)56)36-17-18-38(53)48-40(36)55/h7,9-16,26,36,42-43H,5-6,8,17-25,28H2,1-4H3,(H,49,54)(H,48,53,55)/t36-,42-,43-/m0/s1. The number of nitriles is 1. The number of carbonyl (C=O) groups excluding carboxylic acids is 4. The maximum atomic E-state index is 13.4. The lowest BCUT2D eigenvalue weighted by Crippen LogP contribution is -2.74. The molecular weight excluding hydrogens is 756 g/mol. The first-order chi connectivity index (χ1) is 27.8. The molecule has 3 heterocycles. The largest absolute Gasteiger partial charge is 0.492 e. The Hall–Kier alpha value is -4.96. The third-order valence-electron chi connectivity index (χ3n) is 12.5. The van der Waals surface area contributed by atoms with Crippen molar-refractivity contribution in [2.75, 3.05) is 45.9 Å². The fraction of sp³-hybridized carbons (Fsp3) is 0.489. The van der Waals surface area contributed by atoms with Crippen molar-refractivity contribution in [2.45, 2.75) is 84.5 Å². The molecule has 3 aromatic rings. The number of hydrogen-bond acceptors (Lipinski definition) is 9. The van der Waals surface area contributed by atoms with Crippen molar-refractivity contribution in [3.05, 3.63) is 93.5 Å². The summed E-state index contributed by atoms with van der Waals surface area (Å²) < 4.78 is 12.6. The highest BCUT2D eigenvalue weighted by Crippen LogP contribution is 2.55. The second-order valence-corrected chi connectivity index (χ2v) is 17.6. The van der Waals surface area contributed by atoms with Gasteiger partial charge in [0.15, 0.2) is 0 Å². The first kappa shape index (κ1) is 41.2. The van der Waals surface area contributed by atoms with Gasteiger partial charge in [0.2, 0.25) is 11.8 Å². The summed E-state index contributed by atoms with van der Waals surface area (Å²) >= 11 is 6.24. The van der Waals surface area contributed by atoms with Crippen LogP contribution in [0.2, 0.25) is 5.02 Å².